The van der Waals surface area contributed by atoms with Crippen LogP contribution in [0.5, 0.6) is 0 Å². The summed E-state index contributed by atoms with van der Waals surface area (Å²) in [6.45, 7) is 2.26. The largest absolute Gasteiger partial charge is 0.375 e. The molecule has 1 aliphatic rings. The van der Waals surface area contributed by atoms with Gasteiger partial charge in [-0.3, -0.25) is 0 Å². The molecule has 3 rings (SSSR count). The molecule has 0 saturated heterocycles. The van der Waals surface area contributed by atoms with Crippen molar-refractivity contribution in [2.45, 2.75) is 44.6 Å². The molecule has 0 spiro atoms. The molecular formula is C21H24N. The Morgan fingerprint density at radius 1 is 0.909 bits per heavy atom. The highest BCUT2D eigenvalue weighted by atomic mass is 15.0. The first-order valence-electron chi connectivity index (χ1n) is 8.34. The van der Waals surface area contributed by atoms with Gasteiger partial charge in [0.15, 0.2) is 0 Å². The van der Waals surface area contributed by atoms with Gasteiger partial charge in [-0.1, -0.05) is 67.6 Å². The third-order valence-corrected chi connectivity index (χ3v) is 4.62. The normalized spacial score (nSPS) is 15.2. The summed E-state index contributed by atoms with van der Waals surface area (Å²) in [6.07, 6.45) is 9.27. The van der Waals surface area contributed by atoms with Crippen LogP contribution in [-0.2, 0) is 5.54 Å². The van der Waals surface area contributed by atoms with E-state index >= 15 is 0 Å². The molecule has 2 aromatic rings. The van der Waals surface area contributed by atoms with Crippen molar-refractivity contribution >= 4 is 0 Å². The Bertz CT molecular complexity index is 573. The minimum absolute atomic E-state index is 0.164. The Hall–Kier alpha value is -2.02. The fourth-order valence-corrected chi connectivity index (χ4v) is 3.37. The summed E-state index contributed by atoms with van der Waals surface area (Å²) in [6, 6.07) is 21.6. The van der Waals surface area contributed by atoms with E-state index in [1.807, 2.05) is 0 Å². The number of allylic oxidation sites excluding steroid dienone is 2. The number of nitrogens with one attached hydrogen (secondary N) is 1. The van der Waals surface area contributed by atoms with Crippen LogP contribution in [-0.4, -0.2) is 0 Å². The van der Waals surface area contributed by atoms with Crippen LogP contribution in [0.15, 0.2) is 66.4 Å². The summed E-state index contributed by atoms with van der Waals surface area (Å²) in [5, 5.41) is 3.86. The summed E-state index contributed by atoms with van der Waals surface area (Å²) in [7, 11) is 0. The standard InChI is InChI=1S/C21H24N/c1-2-21(18-12-6-3-7-13-18,19-14-8-4-9-15-19)22-20-16-10-5-11-17-20/h3-4,6-9,12-15,22H,2,5,10-11,16H2,1H3. The van der Waals surface area contributed by atoms with Crippen LogP contribution >= 0.6 is 0 Å². The molecule has 0 atom stereocenters. The molecule has 0 heterocycles. The molecule has 1 aliphatic carbocycles. The fourth-order valence-electron chi connectivity index (χ4n) is 3.37. The molecule has 0 bridgehead atoms. The molecule has 0 fully saturated rings. The topological polar surface area (TPSA) is 12.0 Å². The average molecular weight is 290 g/mol. The van der Waals surface area contributed by atoms with Crippen molar-refractivity contribution in [1.29, 1.82) is 0 Å². The van der Waals surface area contributed by atoms with Gasteiger partial charge in [-0.05, 0) is 49.3 Å². The summed E-state index contributed by atoms with van der Waals surface area (Å²) >= 11 is 0. The Morgan fingerprint density at radius 3 is 1.95 bits per heavy atom. The molecule has 2 aromatic carbocycles. The molecule has 1 nitrogen and oxygen atoms in total. The van der Waals surface area contributed by atoms with E-state index in [1.54, 1.807) is 0 Å². The van der Waals surface area contributed by atoms with Gasteiger partial charge >= 0.3 is 0 Å². The molecular weight excluding hydrogens is 266 g/mol. The van der Waals surface area contributed by atoms with E-state index in [0.29, 0.717) is 0 Å². The molecule has 1 heteroatoms. The number of hydrogen-bond donors (Lipinski definition) is 1. The van der Waals surface area contributed by atoms with Crippen LogP contribution in [0.25, 0.3) is 0 Å². The predicted octanol–water partition coefficient (Wildman–Crippen LogP) is 5.19. The zero-order valence-electron chi connectivity index (χ0n) is 13.3. The van der Waals surface area contributed by atoms with Crippen molar-refractivity contribution in [2.24, 2.45) is 0 Å². The lowest BCUT2D eigenvalue weighted by atomic mass is 9.80. The van der Waals surface area contributed by atoms with E-state index in [-0.39, 0.29) is 5.54 Å². The molecule has 0 saturated carbocycles. The highest BCUT2D eigenvalue weighted by Gasteiger charge is 2.32. The van der Waals surface area contributed by atoms with Gasteiger partial charge in [0.25, 0.3) is 0 Å². The van der Waals surface area contributed by atoms with Crippen LogP contribution in [0, 0.1) is 6.08 Å². The molecule has 0 aromatic heterocycles. The third kappa shape index (κ3) is 2.94. The van der Waals surface area contributed by atoms with Gasteiger partial charge in [-0.2, -0.15) is 0 Å². The molecule has 0 amide bonds. The first kappa shape index (κ1) is 14.9. The fraction of sp³-hybridized carbons (Fsp3) is 0.333. The second kappa shape index (κ2) is 6.83. The number of rotatable bonds is 5. The molecule has 22 heavy (non-hydrogen) atoms. The molecule has 113 valence electrons. The van der Waals surface area contributed by atoms with Crippen LogP contribution in [0.1, 0.15) is 50.2 Å². The van der Waals surface area contributed by atoms with Crippen molar-refractivity contribution < 1.29 is 0 Å². The van der Waals surface area contributed by atoms with Gasteiger partial charge in [0.05, 0.1) is 5.54 Å². The second-order valence-corrected chi connectivity index (χ2v) is 5.98. The molecule has 0 aliphatic heterocycles. The lowest BCUT2D eigenvalue weighted by molar-refractivity contribution is 0.409. The van der Waals surface area contributed by atoms with E-state index in [1.165, 1.54) is 29.7 Å². The maximum Gasteiger partial charge on any atom is 0.0874 e. The SMILES string of the molecule is CCC(NC1=[C]CCCC1)(c1ccccc1)c1ccccc1. The summed E-state index contributed by atoms with van der Waals surface area (Å²) in [5.74, 6) is 0. The van der Waals surface area contributed by atoms with Crippen LogP contribution in [0.4, 0.5) is 0 Å². The van der Waals surface area contributed by atoms with E-state index < -0.39 is 0 Å². The molecule has 1 N–H and O–H groups in total. The Labute approximate surface area is 134 Å². The summed E-state index contributed by atoms with van der Waals surface area (Å²) < 4.78 is 0. The number of benzene rings is 2. The molecule has 1 radical (unpaired) electrons. The van der Waals surface area contributed by atoms with Crippen molar-refractivity contribution in [3.05, 3.63) is 83.6 Å². The van der Waals surface area contributed by atoms with Crippen molar-refractivity contribution in [2.75, 3.05) is 0 Å². The van der Waals surface area contributed by atoms with Crippen molar-refractivity contribution in [3.63, 3.8) is 0 Å². The average Bonchev–Trinajstić information content (AvgIpc) is 2.62. The van der Waals surface area contributed by atoms with Gasteiger partial charge in [0, 0.05) is 5.70 Å². The lowest BCUT2D eigenvalue weighted by Crippen LogP contribution is -2.42. The van der Waals surface area contributed by atoms with Crippen LogP contribution in [0.3, 0.4) is 0 Å². The maximum absolute atomic E-state index is 3.86. The van der Waals surface area contributed by atoms with Gasteiger partial charge in [0.2, 0.25) is 0 Å². The summed E-state index contributed by atoms with van der Waals surface area (Å²) in [4.78, 5) is 0. The van der Waals surface area contributed by atoms with Gasteiger partial charge in [-0.15, -0.1) is 0 Å². The second-order valence-electron chi connectivity index (χ2n) is 5.98. The third-order valence-electron chi connectivity index (χ3n) is 4.62. The number of hydrogen-bond acceptors (Lipinski definition) is 1. The summed E-state index contributed by atoms with van der Waals surface area (Å²) in [5.41, 5.74) is 3.76. The lowest BCUT2D eigenvalue weighted by Gasteiger charge is -2.38. The van der Waals surface area contributed by atoms with Gasteiger partial charge in [-0.25, -0.2) is 0 Å². The predicted molar refractivity (Wildman–Crippen MR) is 92.3 cm³/mol. The van der Waals surface area contributed by atoms with E-state index in [9.17, 15) is 0 Å². The Balaban J connectivity index is 2.06. The monoisotopic (exact) mass is 290 g/mol. The van der Waals surface area contributed by atoms with Crippen LogP contribution < -0.4 is 5.32 Å². The van der Waals surface area contributed by atoms with E-state index in [2.05, 4.69) is 79.0 Å². The first-order valence-corrected chi connectivity index (χ1v) is 8.34. The Morgan fingerprint density at radius 2 is 1.50 bits per heavy atom. The first-order chi connectivity index (χ1) is 10.8. The quantitative estimate of drug-likeness (QED) is 0.799. The van der Waals surface area contributed by atoms with Crippen molar-refractivity contribution in [1.82, 2.24) is 5.32 Å². The smallest absolute Gasteiger partial charge is 0.0874 e. The zero-order chi connectivity index (χ0) is 15.3. The van der Waals surface area contributed by atoms with Crippen molar-refractivity contribution in [3.8, 4) is 0 Å². The Kier molecular flexibility index (Phi) is 4.62. The highest BCUT2D eigenvalue weighted by molar-refractivity contribution is 5.39. The minimum Gasteiger partial charge on any atom is -0.375 e. The van der Waals surface area contributed by atoms with Gasteiger partial charge in [0.1, 0.15) is 0 Å². The highest BCUT2D eigenvalue weighted by Crippen LogP contribution is 2.35. The van der Waals surface area contributed by atoms with E-state index in [4.69, 9.17) is 0 Å². The minimum atomic E-state index is -0.164. The zero-order valence-corrected chi connectivity index (χ0v) is 13.3. The maximum atomic E-state index is 3.86. The van der Waals surface area contributed by atoms with Crippen LogP contribution in [0.2, 0.25) is 0 Å². The van der Waals surface area contributed by atoms with E-state index in [0.717, 1.165) is 19.3 Å². The van der Waals surface area contributed by atoms with Gasteiger partial charge < -0.3 is 5.32 Å². The molecule has 0 unspecified atom stereocenters.